The molecule has 0 spiro atoms. The summed E-state index contributed by atoms with van der Waals surface area (Å²) in [4.78, 5) is 4.59. The lowest BCUT2D eigenvalue weighted by Crippen LogP contribution is -2.62. The molecule has 124 valence electrons. The number of aliphatic imine (C=N–C) groups is 1. The van der Waals surface area contributed by atoms with Crippen LogP contribution in [0.2, 0.25) is 0 Å². The number of rotatable bonds is 4. The van der Waals surface area contributed by atoms with Gasteiger partial charge in [0.25, 0.3) is 0 Å². The Morgan fingerprint density at radius 3 is 2.55 bits per heavy atom. The van der Waals surface area contributed by atoms with Gasteiger partial charge in [-0.1, -0.05) is 19.9 Å². The maximum atomic E-state index is 6.02. The van der Waals surface area contributed by atoms with Gasteiger partial charge in [0.2, 0.25) is 0 Å². The van der Waals surface area contributed by atoms with Gasteiger partial charge in [-0.2, -0.15) is 0 Å². The Morgan fingerprint density at radius 1 is 1.32 bits per heavy atom. The van der Waals surface area contributed by atoms with E-state index in [4.69, 9.17) is 15.2 Å². The molecule has 2 atom stereocenters. The Kier molecular flexibility index (Phi) is 6.09. The number of methoxy groups -OCH3 is 2. The van der Waals surface area contributed by atoms with Crippen LogP contribution in [0.15, 0.2) is 29.3 Å². The van der Waals surface area contributed by atoms with Crippen LogP contribution in [0.5, 0.6) is 5.75 Å². The third-order valence-corrected chi connectivity index (χ3v) is 4.87. The third kappa shape index (κ3) is 3.48. The molecule has 0 saturated heterocycles. The van der Waals surface area contributed by atoms with Gasteiger partial charge >= 0.3 is 0 Å². The summed E-state index contributed by atoms with van der Waals surface area (Å²) in [6, 6.07) is 7.76. The minimum atomic E-state index is -0.141. The van der Waals surface area contributed by atoms with E-state index >= 15 is 0 Å². The molecule has 0 heterocycles. The van der Waals surface area contributed by atoms with Gasteiger partial charge in [0.1, 0.15) is 5.75 Å². The molecule has 0 aromatic heterocycles. The van der Waals surface area contributed by atoms with Gasteiger partial charge in [0.15, 0.2) is 5.96 Å². The SMILES string of the molecule is COc1cccc(NC(N)=NC2CC(C)(OC)C2(C)C)c1.I. The van der Waals surface area contributed by atoms with E-state index in [1.807, 2.05) is 24.3 Å². The van der Waals surface area contributed by atoms with Crippen molar-refractivity contribution in [3.05, 3.63) is 24.3 Å². The van der Waals surface area contributed by atoms with E-state index in [1.54, 1.807) is 14.2 Å². The summed E-state index contributed by atoms with van der Waals surface area (Å²) >= 11 is 0. The molecule has 2 rings (SSSR count). The highest BCUT2D eigenvalue weighted by atomic mass is 127. The zero-order chi connectivity index (χ0) is 15.7. The Morgan fingerprint density at radius 2 is 2.00 bits per heavy atom. The van der Waals surface area contributed by atoms with Gasteiger partial charge in [-0.25, -0.2) is 4.99 Å². The first-order chi connectivity index (χ1) is 9.82. The van der Waals surface area contributed by atoms with Crippen molar-refractivity contribution in [2.75, 3.05) is 19.5 Å². The summed E-state index contributed by atoms with van der Waals surface area (Å²) in [6.07, 6.45) is 0.872. The van der Waals surface area contributed by atoms with Crippen LogP contribution in [-0.4, -0.2) is 31.8 Å². The topological polar surface area (TPSA) is 68.9 Å². The first-order valence-electron chi connectivity index (χ1n) is 7.12. The van der Waals surface area contributed by atoms with Crippen LogP contribution in [0.4, 0.5) is 5.69 Å². The fraction of sp³-hybridized carbons (Fsp3) is 0.562. The number of benzene rings is 1. The molecule has 0 amide bonds. The molecular weight excluding hydrogens is 393 g/mol. The molecule has 0 bridgehead atoms. The summed E-state index contributed by atoms with van der Waals surface area (Å²) in [5, 5.41) is 3.11. The van der Waals surface area contributed by atoms with Crippen LogP contribution in [0.3, 0.4) is 0 Å². The van der Waals surface area contributed by atoms with Crippen molar-refractivity contribution in [1.29, 1.82) is 0 Å². The number of ether oxygens (including phenoxy) is 2. The van der Waals surface area contributed by atoms with E-state index < -0.39 is 0 Å². The molecule has 1 aliphatic rings. The Bertz CT molecular complexity index is 548. The minimum Gasteiger partial charge on any atom is -0.497 e. The van der Waals surface area contributed by atoms with Crippen molar-refractivity contribution in [3.8, 4) is 5.75 Å². The van der Waals surface area contributed by atoms with Gasteiger partial charge in [0.05, 0.1) is 18.8 Å². The van der Waals surface area contributed by atoms with Gasteiger partial charge in [-0.15, -0.1) is 24.0 Å². The average Bonchev–Trinajstić information content (AvgIpc) is 2.46. The number of halogens is 1. The van der Waals surface area contributed by atoms with Crippen LogP contribution in [0.1, 0.15) is 27.2 Å². The first kappa shape index (κ1) is 19.0. The standard InChI is InChI=1S/C16H25N3O2.HI/c1-15(2)13(10-16(15,3)21-5)19-14(17)18-11-7-6-8-12(9-11)20-4;/h6-9,13H,10H2,1-5H3,(H3,17,18,19);1H. The van der Waals surface area contributed by atoms with Gasteiger partial charge in [0, 0.05) is 24.3 Å². The minimum absolute atomic E-state index is 0. The molecule has 1 fully saturated rings. The van der Waals surface area contributed by atoms with E-state index in [1.165, 1.54) is 0 Å². The van der Waals surface area contributed by atoms with Gasteiger partial charge in [-0.05, 0) is 25.5 Å². The highest BCUT2D eigenvalue weighted by Gasteiger charge is 2.58. The van der Waals surface area contributed by atoms with E-state index in [9.17, 15) is 0 Å². The molecule has 0 aliphatic heterocycles. The average molecular weight is 419 g/mol. The number of nitrogens with two attached hydrogens (primary N) is 1. The first-order valence-corrected chi connectivity index (χ1v) is 7.12. The Labute approximate surface area is 149 Å². The quantitative estimate of drug-likeness (QED) is 0.447. The summed E-state index contributed by atoms with van der Waals surface area (Å²) in [7, 11) is 3.39. The number of hydrogen-bond donors (Lipinski definition) is 2. The second-order valence-electron chi connectivity index (χ2n) is 6.25. The van der Waals surface area contributed by atoms with Crippen LogP contribution in [0.25, 0.3) is 0 Å². The smallest absolute Gasteiger partial charge is 0.193 e. The van der Waals surface area contributed by atoms with Crippen molar-refractivity contribution >= 4 is 35.6 Å². The fourth-order valence-corrected chi connectivity index (χ4v) is 2.71. The van der Waals surface area contributed by atoms with Crippen molar-refractivity contribution in [1.82, 2.24) is 0 Å². The lowest BCUT2D eigenvalue weighted by Gasteiger charge is -2.57. The monoisotopic (exact) mass is 419 g/mol. The van der Waals surface area contributed by atoms with Crippen LogP contribution in [0, 0.1) is 5.41 Å². The van der Waals surface area contributed by atoms with E-state index in [0.29, 0.717) is 5.96 Å². The molecule has 6 heteroatoms. The maximum absolute atomic E-state index is 6.02. The second kappa shape index (κ2) is 7.04. The van der Waals surface area contributed by atoms with Crippen LogP contribution in [-0.2, 0) is 4.74 Å². The van der Waals surface area contributed by atoms with Crippen molar-refractivity contribution in [3.63, 3.8) is 0 Å². The zero-order valence-corrected chi connectivity index (χ0v) is 16.2. The third-order valence-electron chi connectivity index (χ3n) is 4.87. The second-order valence-corrected chi connectivity index (χ2v) is 6.25. The molecule has 0 radical (unpaired) electrons. The molecule has 1 saturated carbocycles. The Hall–Kier alpha value is -1.02. The molecule has 1 aromatic rings. The van der Waals surface area contributed by atoms with Crippen molar-refractivity contribution in [2.45, 2.75) is 38.8 Å². The zero-order valence-electron chi connectivity index (χ0n) is 13.8. The Balaban J connectivity index is 0.00000242. The number of anilines is 1. The molecular formula is C16H26IN3O2. The maximum Gasteiger partial charge on any atom is 0.193 e. The van der Waals surface area contributed by atoms with Gasteiger partial charge in [-0.3, -0.25) is 0 Å². The molecule has 1 aliphatic carbocycles. The summed E-state index contributed by atoms with van der Waals surface area (Å²) in [6.45, 7) is 6.44. The number of guanidine groups is 1. The molecule has 3 N–H and O–H groups in total. The fourth-order valence-electron chi connectivity index (χ4n) is 2.71. The number of hydrogen-bond acceptors (Lipinski definition) is 3. The van der Waals surface area contributed by atoms with Crippen LogP contribution < -0.4 is 15.8 Å². The lowest BCUT2D eigenvalue weighted by atomic mass is 9.56. The van der Waals surface area contributed by atoms with E-state index in [2.05, 4.69) is 31.1 Å². The predicted molar refractivity (Wildman–Crippen MR) is 101 cm³/mol. The van der Waals surface area contributed by atoms with E-state index in [0.717, 1.165) is 17.9 Å². The van der Waals surface area contributed by atoms with Crippen molar-refractivity contribution in [2.24, 2.45) is 16.1 Å². The number of nitrogens with zero attached hydrogens (tertiary/aromatic N) is 1. The highest BCUT2D eigenvalue weighted by molar-refractivity contribution is 14.0. The van der Waals surface area contributed by atoms with Crippen molar-refractivity contribution < 1.29 is 9.47 Å². The van der Waals surface area contributed by atoms with Crippen LogP contribution >= 0.6 is 24.0 Å². The summed E-state index contributed by atoms with van der Waals surface area (Å²) in [5.74, 6) is 1.20. The number of nitrogens with one attached hydrogen (secondary N) is 1. The highest BCUT2D eigenvalue weighted by Crippen LogP contribution is 2.53. The normalized spacial score (nSPS) is 26.6. The lowest BCUT2D eigenvalue weighted by molar-refractivity contribution is -0.171. The molecule has 5 nitrogen and oxygen atoms in total. The summed E-state index contributed by atoms with van der Waals surface area (Å²) in [5.41, 5.74) is 6.70. The van der Waals surface area contributed by atoms with Gasteiger partial charge < -0.3 is 20.5 Å². The molecule has 1 aromatic carbocycles. The van der Waals surface area contributed by atoms with E-state index in [-0.39, 0.29) is 41.0 Å². The predicted octanol–water partition coefficient (Wildman–Crippen LogP) is 3.24. The molecule has 2 unspecified atom stereocenters. The summed E-state index contributed by atoms with van der Waals surface area (Å²) < 4.78 is 10.8. The molecule has 22 heavy (non-hydrogen) atoms. The largest absolute Gasteiger partial charge is 0.497 e.